The number of hydrogen-bond acceptors (Lipinski definition) is 3. The van der Waals surface area contributed by atoms with Gasteiger partial charge in [-0.25, -0.2) is 4.40 Å². The van der Waals surface area contributed by atoms with E-state index in [4.69, 9.17) is 10.1 Å². The summed E-state index contributed by atoms with van der Waals surface area (Å²) >= 11 is 0. The number of pyridine rings is 2. The Hall–Kier alpha value is -4.06. The van der Waals surface area contributed by atoms with Gasteiger partial charge in [0.2, 0.25) is 5.91 Å². The highest BCUT2D eigenvalue weighted by atomic mass is 16.1. The van der Waals surface area contributed by atoms with E-state index in [0.717, 1.165) is 44.8 Å². The molecule has 5 rings (SSSR count). The molecule has 1 atom stereocenters. The smallest absolute Gasteiger partial charge is 0.280 e. The third-order valence-corrected chi connectivity index (χ3v) is 5.73. The summed E-state index contributed by atoms with van der Waals surface area (Å²) < 4.78 is 4.05. The van der Waals surface area contributed by atoms with Gasteiger partial charge in [-0.05, 0) is 42.3 Å². The van der Waals surface area contributed by atoms with Crippen LogP contribution in [0.25, 0.3) is 33.4 Å². The van der Waals surface area contributed by atoms with Crippen LogP contribution >= 0.6 is 0 Å². The van der Waals surface area contributed by atoms with Crippen molar-refractivity contribution in [3.8, 4) is 16.8 Å². The van der Waals surface area contributed by atoms with E-state index in [2.05, 4.69) is 27.9 Å². The number of rotatable bonds is 4. The molecule has 1 N–H and O–H groups in total. The Kier molecular flexibility index (Phi) is 4.90. The quantitative estimate of drug-likeness (QED) is 0.439. The Labute approximate surface area is 186 Å². The summed E-state index contributed by atoms with van der Waals surface area (Å²) in [6, 6.07) is 22.5. The predicted molar refractivity (Wildman–Crippen MR) is 124 cm³/mol. The number of carbonyl (C=O) groups is 1. The molecule has 6 heteroatoms. The van der Waals surface area contributed by atoms with Crippen LogP contribution in [0, 0.1) is 6.92 Å². The maximum absolute atomic E-state index is 11.4. The van der Waals surface area contributed by atoms with Crippen molar-refractivity contribution in [1.29, 1.82) is 0 Å². The Balaban J connectivity index is 1.66. The molecule has 5 aromatic rings. The number of nitrogens with one attached hydrogen (secondary N) is 1. The third-order valence-electron chi connectivity index (χ3n) is 5.73. The van der Waals surface area contributed by atoms with Gasteiger partial charge in [0.25, 0.3) is 11.5 Å². The van der Waals surface area contributed by atoms with Gasteiger partial charge in [0.15, 0.2) is 0 Å². The lowest BCUT2D eigenvalue weighted by molar-refractivity contribution is -0.519. The first-order valence-corrected chi connectivity index (χ1v) is 10.6. The zero-order valence-corrected chi connectivity index (χ0v) is 18.3. The number of fused-ring (bicyclic) bond motifs is 3. The second-order valence-electron chi connectivity index (χ2n) is 8.00. The van der Waals surface area contributed by atoms with Crippen LogP contribution in [0.1, 0.15) is 31.3 Å². The molecular weight excluding hydrogens is 398 g/mol. The normalized spacial score (nSPS) is 12.2. The maximum Gasteiger partial charge on any atom is 0.280 e. The van der Waals surface area contributed by atoms with Gasteiger partial charge < -0.3 is 5.32 Å². The molecule has 2 aromatic carbocycles. The van der Waals surface area contributed by atoms with Gasteiger partial charge in [0, 0.05) is 30.7 Å². The highest BCUT2D eigenvalue weighted by molar-refractivity contribution is 5.92. The lowest BCUT2D eigenvalue weighted by Gasteiger charge is -2.12. The number of nitrogens with zero attached hydrogens (tertiary/aromatic N) is 4. The maximum atomic E-state index is 11.4. The van der Waals surface area contributed by atoms with Crippen LogP contribution in [0.2, 0.25) is 0 Å². The standard InChI is InChI=1S/C26H23N5O/c1-17(28-19(3)32)20-9-11-23(12-10-20)31-26-24-15-22(21-7-5-4-6-8-21)16-27-25(24)13-14-30(26)18(2)29-31/h4-17H,1-3H3/p+1. The van der Waals surface area contributed by atoms with Crippen molar-refractivity contribution < 1.29 is 9.20 Å². The molecule has 3 heterocycles. The fraction of sp³-hybridized carbons (Fsp3) is 0.154. The molecular formula is C26H24N5O+. The number of carbonyl (C=O) groups excluding carboxylic acids is 1. The van der Waals surface area contributed by atoms with E-state index >= 15 is 0 Å². The Morgan fingerprint density at radius 1 is 1.03 bits per heavy atom. The topological polar surface area (TPSA) is 63.9 Å². The zero-order valence-electron chi connectivity index (χ0n) is 18.3. The van der Waals surface area contributed by atoms with E-state index in [1.807, 2.05) is 79.5 Å². The van der Waals surface area contributed by atoms with Gasteiger partial charge in [-0.15, -0.1) is 0 Å². The van der Waals surface area contributed by atoms with E-state index in [0.29, 0.717) is 0 Å². The fourth-order valence-electron chi connectivity index (χ4n) is 4.11. The number of benzene rings is 2. The van der Waals surface area contributed by atoms with E-state index in [1.165, 1.54) is 6.92 Å². The first kappa shape index (κ1) is 19.9. The van der Waals surface area contributed by atoms with Crippen molar-refractivity contribution in [2.24, 2.45) is 0 Å². The minimum absolute atomic E-state index is 0.0418. The van der Waals surface area contributed by atoms with Gasteiger partial charge in [0.1, 0.15) is 5.69 Å². The summed E-state index contributed by atoms with van der Waals surface area (Å²) in [5.41, 5.74) is 6.07. The number of amides is 1. The second kappa shape index (κ2) is 7.89. The molecule has 6 nitrogen and oxygen atoms in total. The molecule has 3 aromatic heterocycles. The minimum atomic E-state index is -0.0505. The summed E-state index contributed by atoms with van der Waals surface area (Å²) in [5.74, 6) is 0.850. The average Bonchev–Trinajstić information content (AvgIpc) is 3.16. The van der Waals surface area contributed by atoms with Crippen LogP contribution in [0.4, 0.5) is 0 Å². The van der Waals surface area contributed by atoms with E-state index in [-0.39, 0.29) is 11.9 Å². The molecule has 158 valence electrons. The highest BCUT2D eigenvalue weighted by Crippen LogP contribution is 2.25. The molecule has 0 saturated heterocycles. The number of hydrogen-bond donors (Lipinski definition) is 1. The molecule has 0 aliphatic rings. The molecule has 0 aliphatic carbocycles. The van der Waals surface area contributed by atoms with Gasteiger partial charge in [0.05, 0.1) is 23.1 Å². The molecule has 0 saturated carbocycles. The Morgan fingerprint density at radius 2 is 1.78 bits per heavy atom. The van der Waals surface area contributed by atoms with Crippen molar-refractivity contribution in [1.82, 2.24) is 20.1 Å². The van der Waals surface area contributed by atoms with Gasteiger partial charge in [-0.1, -0.05) is 47.1 Å². The second-order valence-corrected chi connectivity index (χ2v) is 8.00. The van der Waals surface area contributed by atoms with Gasteiger partial charge in [-0.2, -0.15) is 0 Å². The third kappa shape index (κ3) is 3.50. The molecule has 0 spiro atoms. The van der Waals surface area contributed by atoms with Crippen molar-refractivity contribution in [3.05, 3.63) is 90.5 Å². The molecule has 0 radical (unpaired) electrons. The van der Waals surface area contributed by atoms with Crippen molar-refractivity contribution in [2.45, 2.75) is 26.8 Å². The summed E-state index contributed by atoms with van der Waals surface area (Å²) in [5, 5.41) is 8.77. The van der Waals surface area contributed by atoms with Crippen LogP contribution in [-0.4, -0.2) is 20.7 Å². The zero-order chi connectivity index (χ0) is 22.2. The lowest BCUT2D eigenvalue weighted by Crippen LogP contribution is -2.23. The van der Waals surface area contributed by atoms with Crippen molar-refractivity contribution in [3.63, 3.8) is 0 Å². The van der Waals surface area contributed by atoms with Crippen LogP contribution in [-0.2, 0) is 4.79 Å². The molecule has 0 fully saturated rings. The predicted octanol–water partition coefficient (Wildman–Crippen LogP) is 4.33. The average molecular weight is 423 g/mol. The molecule has 0 bridgehead atoms. The number of aromatic nitrogens is 4. The highest BCUT2D eigenvalue weighted by Gasteiger charge is 2.22. The minimum Gasteiger partial charge on any atom is -0.350 e. The van der Waals surface area contributed by atoms with Gasteiger partial charge in [-0.3, -0.25) is 9.78 Å². The summed E-state index contributed by atoms with van der Waals surface area (Å²) in [4.78, 5) is 16.1. The fourth-order valence-corrected chi connectivity index (χ4v) is 4.11. The summed E-state index contributed by atoms with van der Waals surface area (Å²) in [6.07, 6.45) is 3.93. The largest absolute Gasteiger partial charge is 0.350 e. The number of aryl methyl sites for hydroxylation is 1. The van der Waals surface area contributed by atoms with E-state index in [9.17, 15) is 4.79 Å². The Bertz CT molecular complexity index is 1440. The first-order valence-electron chi connectivity index (χ1n) is 10.6. The molecule has 32 heavy (non-hydrogen) atoms. The first-order chi connectivity index (χ1) is 15.5. The SMILES string of the molecule is CC(=O)NC(C)c1ccc(-n2nc(C)[n+]3ccc4ncc(-c5ccccc5)cc4c23)cc1. The summed E-state index contributed by atoms with van der Waals surface area (Å²) in [7, 11) is 0. The molecule has 0 aliphatic heterocycles. The Morgan fingerprint density at radius 3 is 2.50 bits per heavy atom. The monoisotopic (exact) mass is 422 g/mol. The molecule has 1 unspecified atom stereocenters. The van der Waals surface area contributed by atoms with E-state index in [1.54, 1.807) is 0 Å². The van der Waals surface area contributed by atoms with Crippen LogP contribution in [0.3, 0.4) is 0 Å². The lowest BCUT2D eigenvalue weighted by atomic mass is 10.1. The van der Waals surface area contributed by atoms with Crippen molar-refractivity contribution in [2.75, 3.05) is 0 Å². The van der Waals surface area contributed by atoms with E-state index < -0.39 is 0 Å². The van der Waals surface area contributed by atoms with Crippen LogP contribution in [0.5, 0.6) is 0 Å². The van der Waals surface area contributed by atoms with Crippen molar-refractivity contribution >= 4 is 22.5 Å². The summed E-state index contributed by atoms with van der Waals surface area (Å²) in [6.45, 7) is 5.50. The van der Waals surface area contributed by atoms with Gasteiger partial charge >= 0.3 is 0 Å². The molecule has 1 amide bonds. The van der Waals surface area contributed by atoms with Crippen LogP contribution < -0.4 is 9.72 Å². The van der Waals surface area contributed by atoms with Crippen LogP contribution in [0.15, 0.2) is 79.1 Å².